The van der Waals surface area contributed by atoms with Crippen molar-refractivity contribution in [2.75, 3.05) is 6.54 Å². The summed E-state index contributed by atoms with van der Waals surface area (Å²) in [6.45, 7) is 1.10. The molecule has 0 bridgehead atoms. The summed E-state index contributed by atoms with van der Waals surface area (Å²) in [7, 11) is 0. The number of likely N-dealkylation sites (tertiary alicyclic amines) is 1. The molecule has 2 nitrogen and oxygen atoms in total. The lowest BCUT2D eigenvalue weighted by atomic mass is 9.93. The van der Waals surface area contributed by atoms with Crippen LogP contribution >= 0.6 is 11.3 Å². The van der Waals surface area contributed by atoms with Gasteiger partial charge in [-0.05, 0) is 42.7 Å². The minimum atomic E-state index is 0.523. The Morgan fingerprint density at radius 2 is 2.27 bits per heavy atom. The standard InChI is InChI=1S/C12H16N2S/c13-12-5-2-7-14(12)10-3-1-4-11-9(10)6-8-15-11/h6,8,10,13H,1-5,7H2. The molecular formula is C12H16N2S. The van der Waals surface area contributed by atoms with Crippen molar-refractivity contribution in [3.05, 3.63) is 21.9 Å². The summed E-state index contributed by atoms with van der Waals surface area (Å²) < 4.78 is 0. The summed E-state index contributed by atoms with van der Waals surface area (Å²) in [5.74, 6) is 0.860. The van der Waals surface area contributed by atoms with E-state index < -0.39 is 0 Å². The first-order valence-electron chi connectivity index (χ1n) is 5.76. The van der Waals surface area contributed by atoms with Crippen molar-refractivity contribution < 1.29 is 0 Å². The number of thiophene rings is 1. The monoisotopic (exact) mass is 220 g/mol. The van der Waals surface area contributed by atoms with Crippen molar-refractivity contribution in [1.82, 2.24) is 4.90 Å². The zero-order chi connectivity index (χ0) is 10.3. The van der Waals surface area contributed by atoms with Gasteiger partial charge in [0.2, 0.25) is 0 Å². The van der Waals surface area contributed by atoms with E-state index >= 15 is 0 Å². The van der Waals surface area contributed by atoms with Crippen molar-refractivity contribution in [3.63, 3.8) is 0 Å². The van der Waals surface area contributed by atoms with Gasteiger partial charge in [0, 0.05) is 17.8 Å². The smallest absolute Gasteiger partial charge is 0.0963 e. The molecule has 0 saturated carbocycles. The van der Waals surface area contributed by atoms with Crippen molar-refractivity contribution >= 4 is 17.2 Å². The Hall–Kier alpha value is -0.830. The molecule has 1 saturated heterocycles. The summed E-state index contributed by atoms with van der Waals surface area (Å²) in [6, 6.07) is 2.80. The van der Waals surface area contributed by atoms with E-state index in [4.69, 9.17) is 5.41 Å². The molecule has 1 aromatic heterocycles. The third kappa shape index (κ3) is 1.49. The number of nitrogens with zero attached hydrogens (tertiary/aromatic N) is 1. The van der Waals surface area contributed by atoms with Gasteiger partial charge in [-0.25, -0.2) is 0 Å². The van der Waals surface area contributed by atoms with Crippen LogP contribution in [0.1, 0.15) is 42.2 Å². The van der Waals surface area contributed by atoms with E-state index in [0.717, 1.165) is 18.8 Å². The molecule has 2 heterocycles. The summed E-state index contributed by atoms with van der Waals surface area (Å²) >= 11 is 1.89. The Kier molecular flexibility index (Phi) is 2.28. The van der Waals surface area contributed by atoms with Gasteiger partial charge in [-0.15, -0.1) is 11.3 Å². The largest absolute Gasteiger partial charge is 0.353 e. The van der Waals surface area contributed by atoms with Crippen LogP contribution in [0.3, 0.4) is 0 Å². The fourth-order valence-corrected chi connectivity index (χ4v) is 3.81. The third-order valence-electron chi connectivity index (χ3n) is 3.56. The maximum atomic E-state index is 7.97. The number of amidine groups is 1. The Balaban J connectivity index is 1.92. The molecule has 1 aliphatic heterocycles. The molecule has 1 atom stereocenters. The van der Waals surface area contributed by atoms with E-state index in [1.165, 1.54) is 31.2 Å². The van der Waals surface area contributed by atoms with Gasteiger partial charge in [0.05, 0.1) is 11.9 Å². The highest BCUT2D eigenvalue weighted by molar-refractivity contribution is 7.10. The van der Waals surface area contributed by atoms with Crippen LogP contribution in [0.5, 0.6) is 0 Å². The van der Waals surface area contributed by atoms with Crippen molar-refractivity contribution in [3.8, 4) is 0 Å². The molecule has 3 rings (SSSR count). The molecule has 1 aromatic rings. The summed E-state index contributed by atoms with van der Waals surface area (Å²) in [6.07, 6.45) is 5.95. The summed E-state index contributed by atoms with van der Waals surface area (Å²) in [5, 5.41) is 10.2. The normalized spacial score (nSPS) is 25.7. The fourth-order valence-electron chi connectivity index (χ4n) is 2.83. The summed E-state index contributed by atoms with van der Waals surface area (Å²) in [4.78, 5) is 3.89. The lowest BCUT2D eigenvalue weighted by Crippen LogP contribution is -2.31. The van der Waals surface area contributed by atoms with Crippen molar-refractivity contribution in [1.29, 1.82) is 5.41 Å². The molecule has 1 fully saturated rings. The molecule has 0 radical (unpaired) electrons. The van der Waals surface area contributed by atoms with E-state index in [1.807, 2.05) is 11.3 Å². The lowest BCUT2D eigenvalue weighted by Gasteiger charge is -2.32. The molecule has 1 N–H and O–H groups in total. The van der Waals surface area contributed by atoms with E-state index in [2.05, 4.69) is 16.3 Å². The van der Waals surface area contributed by atoms with E-state index in [9.17, 15) is 0 Å². The molecule has 0 aromatic carbocycles. The number of hydrogen-bond donors (Lipinski definition) is 1. The second-order valence-electron chi connectivity index (χ2n) is 4.45. The quantitative estimate of drug-likeness (QED) is 0.773. The van der Waals surface area contributed by atoms with Crippen molar-refractivity contribution in [2.24, 2.45) is 0 Å². The average molecular weight is 220 g/mol. The highest BCUT2D eigenvalue weighted by Gasteiger charge is 2.30. The van der Waals surface area contributed by atoms with Crippen LogP contribution in [0.15, 0.2) is 11.4 Å². The average Bonchev–Trinajstić information content (AvgIpc) is 2.85. The first-order valence-corrected chi connectivity index (χ1v) is 6.64. The lowest BCUT2D eigenvalue weighted by molar-refractivity contribution is 0.305. The second kappa shape index (κ2) is 3.63. The SMILES string of the molecule is N=C1CCCN1C1CCCc2sccc21. The molecule has 0 amide bonds. The minimum absolute atomic E-state index is 0.523. The van der Waals surface area contributed by atoms with Crippen LogP contribution in [0, 0.1) is 5.41 Å². The molecule has 0 spiro atoms. The Bertz CT molecular complexity index is 383. The fraction of sp³-hybridized carbons (Fsp3) is 0.583. The molecule has 1 aliphatic carbocycles. The molecule has 1 unspecified atom stereocenters. The predicted molar refractivity (Wildman–Crippen MR) is 63.7 cm³/mol. The molecule has 15 heavy (non-hydrogen) atoms. The molecule has 80 valence electrons. The van der Waals surface area contributed by atoms with E-state index in [0.29, 0.717) is 6.04 Å². The number of fused-ring (bicyclic) bond motifs is 1. The van der Waals surface area contributed by atoms with Crippen LogP contribution in [-0.4, -0.2) is 17.3 Å². The number of aryl methyl sites for hydroxylation is 1. The second-order valence-corrected chi connectivity index (χ2v) is 5.45. The van der Waals surface area contributed by atoms with Crippen LogP contribution in [0.2, 0.25) is 0 Å². The number of nitrogens with one attached hydrogen (secondary N) is 1. The van der Waals surface area contributed by atoms with Crippen LogP contribution in [0.4, 0.5) is 0 Å². The van der Waals surface area contributed by atoms with Gasteiger partial charge < -0.3 is 4.90 Å². The Morgan fingerprint density at radius 1 is 1.33 bits per heavy atom. The van der Waals surface area contributed by atoms with Gasteiger partial charge in [0.1, 0.15) is 0 Å². The van der Waals surface area contributed by atoms with Gasteiger partial charge >= 0.3 is 0 Å². The van der Waals surface area contributed by atoms with E-state index in [1.54, 1.807) is 4.88 Å². The van der Waals surface area contributed by atoms with E-state index in [-0.39, 0.29) is 0 Å². The zero-order valence-corrected chi connectivity index (χ0v) is 9.65. The van der Waals surface area contributed by atoms with Crippen molar-refractivity contribution in [2.45, 2.75) is 38.1 Å². The minimum Gasteiger partial charge on any atom is -0.353 e. The predicted octanol–water partition coefficient (Wildman–Crippen LogP) is 3.20. The maximum absolute atomic E-state index is 7.97. The molecule has 2 aliphatic rings. The zero-order valence-electron chi connectivity index (χ0n) is 8.83. The molecule has 3 heteroatoms. The van der Waals surface area contributed by atoms with Crippen LogP contribution in [-0.2, 0) is 6.42 Å². The van der Waals surface area contributed by atoms with Crippen LogP contribution in [0.25, 0.3) is 0 Å². The van der Waals surface area contributed by atoms with Gasteiger partial charge in [0.15, 0.2) is 0 Å². The number of rotatable bonds is 1. The number of hydrogen-bond acceptors (Lipinski definition) is 2. The topological polar surface area (TPSA) is 27.1 Å². The summed E-state index contributed by atoms with van der Waals surface area (Å²) in [5.41, 5.74) is 1.51. The Morgan fingerprint density at radius 3 is 3.07 bits per heavy atom. The van der Waals surface area contributed by atoms with Gasteiger partial charge in [-0.1, -0.05) is 0 Å². The Labute approximate surface area is 94.4 Å². The third-order valence-corrected chi connectivity index (χ3v) is 4.55. The first kappa shape index (κ1) is 9.40. The highest BCUT2D eigenvalue weighted by atomic mass is 32.1. The first-order chi connectivity index (χ1) is 7.36. The van der Waals surface area contributed by atoms with Gasteiger partial charge in [0.25, 0.3) is 0 Å². The van der Waals surface area contributed by atoms with Crippen LogP contribution < -0.4 is 0 Å². The van der Waals surface area contributed by atoms with Gasteiger partial charge in [-0.3, -0.25) is 5.41 Å². The highest BCUT2D eigenvalue weighted by Crippen LogP contribution is 2.38. The molecular weight excluding hydrogens is 204 g/mol. The van der Waals surface area contributed by atoms with Gasteiger partial charge in [-0.2, -0.15) is 0 Å². The maximum Gasteiger partial charge on any atom is 0.0963 e.